The van der Waals surface area contributed by atoms with Gasteiger partial charge in [-0.2, -0.15) is 0 Å². The molecule has 2 aliphatic rings. The fraction of sp³-hybridized carbons (Fsp3) is 0.696. The SMILES string of the molecule is CC.CC1CCN(CCNC=O)CC1.CCC.Oc1ccc2c(c1)CNCC2. The Bertz CT molecular complexity index is 501. The summed E-state index contributed by atoms with van der Waals surface area (Å²) in [6, 6.07) is 5.59. The van der Waals surface area contributed by atoms with Crippen LogP contribution in [0.3, 0.4) is 0 Å². The van der Waals surface area contributed by atoms with Crippen LogP contribution in [0.15, 0.2) is 18.2 Å². The molecule has 0 spiro atoms. The van der Waals surface area contributed by atoms with Crippen LogP contribution in [0, 0.1) is 5.92 Å². The minimum Gasteiger partial charge on any atom is -0.508 e. The molecule has 0 radical (unpaired) electrons. The van der Waals surface area contributed by atoms with Crippen LogP contribution in [0.1, 0.15) is 65.0 Å². The molecule has 3 rings (SSSR count). The number of hydrogen-bond acceptors (Lipinski definition) is 4. The fourth-order valence-corrected chi connectivity index (χ4v) is 3.03. The molecule has 5 heteroatoms. The van der Waals surface area contributed by atoms with Gasteiger partial charge in [-0.1, -0.05) is 47.1 Å². The summed E-state index contributed by atoms with van der Waals surface area (Å²) in [5, 5.41) is 15.1. The van der Waals surface area contributed by atoms with E-state index in [0.717, 1.165) is 44.9 Å². The molecule has 1 aromatic carbocycles. The van der Waals surface area contributed by atoms with Gasteiger partial charge in [0.25, 0.3) is 0 Å². The fourth-order valence-electron chi connectivity index (χ4n) is 3.03. The van der Waals surface area contributed by atoms with E-state index in [2.05, 4.69) is 36.3 Å². The molecule has 28 heavy (non-hydrogen) atoms. The molecule has 162 valence electrons. The number of benzene rings is 1. The van der Waals surface area contributed by atoms with Crippen LogP contribution in [0.2, 0.25) is 0 Å². The second-order valence-corrected chi connectivity index (χ2v) is 7.18. The number of nitrogens with one attached hydrogen (secondary N) is 2. The van der Waals surface area contributed by atoms with E-state index in [1.54, 1.807) is 6.07 Å². The number of amides is 1. The summed E-state index contributed by atoms with van der Waals surface area (Å²) in [6.45, 7) is 16.7. The Balaban J connectivity index is 0.000000425. The highest BCUT2D eigenvalue weighted by atomic mass is 16.3. The third kappa shape index (κ3) is 12.0. The molecule has 0 aromatic heterocycles. The van der Waals surface area contributed by atoms with Crippen LogP contribution in [0.25, 0.3) is 0 Å². The zero-order valence-corrected chi connectivity index (χ0v) is 18.8. The lowest BCUT2D eigenvalue weighted by Crippen LogP contribution is -2.37. The van der Waals surface area contributed by atoms with E-state index in [1.165, 1.54) is 43.5 Å². The van der Waals surface area contributed by atoms with Crippen molar-refractivity contribution in [3.8, 4) is 5.75 Å². The monoisotopic (exact) mass is 393 g/mol. The first-order valence-corrected chi connectivity index (χ1v) is 11.0. The molecule has 2 aliphatic heterocycles. The van der Waals surface area contributed by atoms with E-state index in [4.69, 9.17) is 5.11 Å². The van der Waals surface area contributed by atoms with Crippen molar-refractivity contribution in [3.63, 3.8) is 0 Å². The van der Waals surface area contributed by atoms with Crippen molar-refractivity contribution < 1.29 is 9.90 Å². The van der Waals surface area contributed by atoms with E-state index in [-0.39, 0.29) is 0 Å². The molecule has 1 aromatic rings. The van der Waals surface area contributed by atoms with Gasteiger partial charge >= 0.3 is 0 Å². The Morgan fingerprint density at radius 2 is 1.86 bits per heavy atom. The van der Waals surface area contributed by atoms with E-state index in [1.807, 2.05) is 26.0 Å². The summed E-state index contributed by atoms with van der Waals surface area (Å²) in [7, 11) is 0. The largest absolute Gasteiger partial charge is 0.508 e. The average Bonchev–Trinajstić information content (AvgIpc) is 2.72. The lowest BCUT2D eigenvalue weighted by Gasteiger charge is -2.29. The van der Waals surface area contributed by atoms with Crippen molar-refractivity contribution >= 4 is 6.41 Å². The normalized spacial score (nSPS) is 16.0. The van der Waals surface area contributed by atoms with Gasteiger partial charge in [0.15, 0.2) is 0 Å². The van der Waals surface area contributed by atoms with Gasteiger partial charge in [-0.15, -0.1) is 0 Å². The summed E-state index contributed by atoms with van der Waals surface area (Å²) in [6.07, 6.45) is 5.71. The molecule has 0 unspecified atom stereocenters. The summed E-state index contributed by atoms with van der Waals surface area (Å²) in [5.41, 5.74) is 2.60. The third-order valence-electron chi connectivity index (χ3n) is 4.61. The summed E-state index contributed by atoms with van der Waals surface area (Å²) >= 11 is 0. The first-order valence-electron chi connectivity index (χ1n) is 11.0. The number of phenolic OH excluding ortho intramolecular Hbond substituents is 1. The highest BCUT2D eigenvalue weighted by Gasteiger charge is 2.14. The molecule has 5 nitrogen and oxygen atoms in total. The molecule has 1 saturated heterocycles. The Labute approximate surface area is 172 Å². The zero-order chi connectivity index (χ0) is 21.2. The predicted molar refractivity (Wildman–Crippen MR) is 120 cm³/mol. The van der Waals surface area contributed by atoms with Crippen molar-refractivity contribution in [1.82, 2.24) is 15.5 Å². The van der Waals surface area contributed by atoms with Crippen molar-refractivity contribution in [3.05, 3.63) is 29.3 Å². The molecule has 3 N–H and O–H groups in total. The number of carbonyl (C=O) groups is 1. The maximum atomic E-state index is 9.97. The van der Waals surface area contributed by atoms with Gasteiger partial charge in [0.05, 0.1) is 0 Å². The first-order chi connectivity index (χ1) is 13.6. The first kappa shape index (κ1) is 26.4. The highest BCUT2D eigenvalue weighted by Crippen LogP contribution is 2.19. The minimum absolute atomic E-state index is 0.368. The van der Waals surface area contributed by atoms with Gasteiger partial charge in [-0.25, -0.2) is 0 Å². The van der Waals surface area contributed by atoms with E-state index in [9.17, 15) is 4.79 Å². The lowest BCUT2D eigenvalue weighted by molar-refractivity contribution is -0.109. The van der Waals surface area contributed by atoms with Gasteiger partial charge in [0.1, 0.15) is 5.75 Å². The number of fused-ring (bicyclic) bond motifs is 1. The third-order valence-corrected chi connectivity index (χ3v) is 4.61. The minimum atomic E-state index is 0.368. The number of carbonyl (C=O) groups excluding carboxylic acids is 1. The maximum Gasteiger partial charge on any atom is 0.207 e. The average molecular weight is 394 g/mol. The van der Waals surface area contributed by atoms with Crippen LogP contribution in [-0.2, 0) is 17.8 Å². The Morgan fingerprint density at radius 3 is 2.46 bits per heavy atom. The molecule has 0 atom stereocenters. The second-order valence-electron chi connectivity index (χ2n) is 7.18. The van der Waals surface area contributed by atoms with E-state index in [0.29, 0.717) is 5.75 Å². The highest BCUT2D eigenvalue weighted by molar-refractivity contribution is 5.45. The summed E-state index contributed by atoms with van der Waals surface area (Å²) in [4.78, 5) is 12.4. The molecular formula is C23H43N3O2. The zero-order valence-electron chi connectivity index (χ0n) is 18.8. The lowest BCUT2D eigenvalue weighted by atomic mass is 9.99. The number of likely N-dealkylation sites (tertiary alicyclic amines) is 1. The topological polar surface area (TPSA) is 64.6 Å². The van der Waals surface area contributed by atoms with Gasteiger partial charge < -0.3 is 20.6 Å². The van der Waals surface area contributed by atoms with Crippen LogP contribution in [0.4, 0.5) is 0 Å². The van der Waals surface area contributed by atoms with Crippen LogP contribution in [-0.4, -0.2) is 49.1 Å². The number of nitrogens with zero attached hydrogens (tertiary/aromatic N) is 1. The smallest absolute Gasteiger partial charge is 0.207 e. The molecule has 0 aliphatic carbocycles. The van der Waals surface area contributed by atoms with E-state index < -0.39 is 0 Å². The summed E-state index contributed by atoms with van der Waals surface area (Å²) < 4.78 is 0. The van der Waals surface area contributed by atoms with E-state index >= 15 is 0 Å². The summed E-state index contributed by atoms with van der Waals surface area (Å²) in [5.74, 6) is 1.26. The Morgan fingerprint density at radius 1 is 1.21 bits per heavy atom. The molecule has 1 amide bonds. The number of hydrogen-bond donors (Lipinski definition) is 3. The molecule has 0 bridgehead atoms. The van der Waals surface area contributed by atoms with Crippen molar-refractivity contribution in [2.24, 2.45) is 5.92 Å². The number of phenols is 1. The van der Waals surface area contributed by atoms with Crippen molar-refractivity contribution in [2.45, 2.75) is 66.8 Å². The Hall–Kier alpha value is -1.59. The standard InChI is InChI=1S/C9H18N2O.C9H11NO.C3H8.C2H6/c1-9-2-5-11(6-3-9)7-4-10-8-12;11-9-2-1-7-3-4-10-6-8(7)5-9;1-3-2;1-2/h8-9H,2-7H2,1H3,(H,10,12);1-2,5,10-11H,3-4,6H2;3H2,1-2H3;1-2H3. The molecule has 2 heterocycles. The quantitative estimate of drug-likeness (QED) is 0.535. The van der Waals surface area contributed by atoms with Crippen LogP contribution < -0.4 is 10.6 Å². The molecule has 1 fully saturated rings. The second kappa shape index (κ2) is 17.5. The van der Waals surface area contributed by atoms with Gasteiger partial charge in [0, 0.05) is 19.6 Å². The van der Waals surface area contributed by atoms with Gasteiger partial charge in [-0.05, 0) is 68.1 Å². The number of piperidine rings is 1. The molecule has 0 saturated carbocycles. The van der Waals surface area contributed by atoms with Crippen molar-refractivity contribution in [1.29, 1.82) is 0 Å². The van der Waals surface area contributed by atoms with Crippen LogP contribution in [0.5, 0.6) is 5.75 Å². The Kier molecular flexibility index (Phi) is 16.5. The van der Waals surface area contributed by atoms with Crippen molar-refractivity contribution in [2.75, 3.05) is 32.7 Å². The maximum absolute atomic E-state index is 9.97. The van der Waals surface area contributed by atoms with Gasteiger partial charge in [-0.3, -0.25) is 4.79 Å². The molecular weight excluding hydrogens is 350 g/mol. The number of aromatic hydroxyl groups is 1. The number of rotatable bonds is 4. The van der Waals surface area contributed by atoms with Gasteiger partial charge in [0.2, 0.25) is 6.41 Å². The predicted octanol–water partition coefficient (Wildman–Crippen LogP) is 3.94. The van der Waals surface area contributed by atoms with Crippen LogP contribution >= 0.6 is 0 Å².